The largest absolute Gasteiger partial charge is 0.496 e. The summed E-state index contributed by atoms with van der Waals surface area (Å²) in [6.07, 6.45) is 6.23. The predicted molar refractivity (Wildman–Crippen MR) is 105 cm³/mol. The molecule has 0 unspecified atom stereocenters. The molecule has 1 aliphatic rings. The van der Waals surface area contributed by atoms with Gasteiger partial charge >= 0.3 is 0 Å². The van der Waals surface area contributed by atoms with E-state index in [1.807, 2.05) is 42.1 Å². The van der Waals surface area contributed by atoms with Gasteiger partial charge in [-0.1, -0.05) is 6.08 Å². The highest BCUT2D eigenvalue weighted by Crippen LogP contribution is 2.39. The van der Waals surface area contributed by atoms with Crippen molar-refractivity contribution in [3.63, 3.8) is 0 Å². The first kappa shape index (κ1) is 15.5. The van der Waals surface area contributed by atoms with E-state index in [1.165, 1.54) is 11.3 Å². The van der Waals surface area contributed by atoms with Crippen LogP contribution in [0.4, 0.5) is 5.69 Å². The summed E-state index contributed by atoms with van der Waals surface area (Å²) in [5.74, 6) is 0.708. The van der Waals surface area contributed by atoms with Gasteiger partial charge in [0.15, 0.2) is 0 Å². The number of pyridine rings is 1. The van der Waals surface area contributed by atoms with Crippen molar-refractivity contribution >= 4 is 54.7 Å². The lowest BCUT2D eigenvalue weighted by molar-refractivity contribution is 0.100. The summed E-state index contributed by atoms with van der Waals surface area (Å²) in [6.45, 7) is 0. The van der Waals surface area contributed by atoms with Gasteiger partial charge in [-0.25, -0.2) is 9.97 Å². The van der Waals surface area contributed by atoms with E-state index in [-0.39, 0.29) is 5.91 Å². The average molecular weight is 379 g/mol. The third-order valence-corrected chi connectivity index (χ3v) is 6.39. The van der Waals surface area contributed by atoms with Crippen LogP contribution in [0.2, 0.25) is 0 Å². The van der Waals surface area contributed by atoms with E-state index < -0.39 is 0 Å². The van der Waals surface area contributed by atoms with E-state index >= 15 is 0 Å². The van der Waals surface area contributed by atoms with Gasteiger partial charge in [0.1, 0.15) is 10.6 Å². The smallest absolute Gasteiger partial charge is 0.272 e. The Morgan fingerprint density at radius 1 is 1.23 bits per heavy atom. The molecular formula is C19H13N3O2S2. The summed E-state index contributed by atoms with van der Waals surface area (Å²) in [5, 5.41) is 0.935. The van der Waals surface area contributed by atoms with E-state index in [9.17, 15) is 4.79 Å². The lowest BCUT2D eigenvalue weighted by Crippen LogP contribution is -2.24. The fraction of sp³-hybridized carbons (Fsp3) is 0.105. The van der Waals surface area contributed by atoms with E-state index in [0.29, 0.717) is 11.3 Å². The van der Waals surface area contributed by atoms with E-state index in [0.717, 1.165) is 37.4 Å². The summed E-state index contributed by atoms with van der Waals surface area (Å²) in [6, 6.07) is 7.75. The van der Waals surface area contributed by atoms with Crippen LogP contribution in [0.25, 0.3) is 20.4 Å². The molecule has 1 aromatic carbocycles. The number of amides is 1. The van der Waals surface area contributed by atoms with Crippen LogP contribution in [0, 0.1) is 0 Å². The van der Waals surface area contributed by atoms with Gasteiger partial charge in [0.2, 0.25) is 0 Å². The third kappa shape index (κ3) is 2.24. The number of hydrogen-bond acceptors (Lipinski definition) is 6. The number of aromatic nitrogens is 2. The number of carbonyl (C=O) groups excluding carboxylic acids is 1. The molecule has 7 heteroatoms. The zero-order valence-electron chi connectivity index (χ0n) is 13.8. The molecule has 0 saturated heterocycles. The second-order valence-electron chi connectivity index (χ2n) is 5.87. The number of methoxy groups -OCH3 is 1. The normalized spacial score (nSPS) is 14.0. The lowest BCUT2D eigenvalue weighted by Gasteiger charge is -2.17. The summed E-state index contributed by atoms with van der Waals surface area (Å²) < 4.78 is 6.60. The molecule has 0 saturated carbocycles. The minimum Gasteiger partial charge on any atom is -0.496 e. The van der Waals surface area contributed by atoms with Gasteiger partial charge in [-0.15, -0.1) is 22.7 Å². The molecule has 0 bridgehead atoms. The summed E-state index contributed by atoms with van der Waals surface area (Å²) in [7, 11) is 1.64. The molecule has 128 valence electrons. The maximum atomic E-state index is 13.3. The van der Waals surface area contributed by atoms with Gasteiger partial charge in [-0.2, -0.15) is 0 Å². The standard InChI is InChI=1S/C19H13N3O2S2/c1-24-14-6-7-20-18-16(14)12-3-2-8-22(19(23)17(12)26-18)11-4-5-15-13(9-11)21-10-25-15/h2,4-10H,3H2,1H3. The van der Waals surface area contributed by atoms with E-state index in [2.05, 4.69) is 9.97 Å². The van der Waals surface area contributed by atoms with Crippen LogP contribution >= 0.6 is 22.7 Å². The number of carbonyl (C=O) groups is 1. The molecule has 0 N–H and O–H groups in total. The van der Waals surface area contributed by atoms with Crippen LogP contribution < -0.4 is 9.64 Å². The molecule has 5 rings (SSSR count). The number of fused-ring (bicyclic) bond motifs is 4. The lowest BCUT2D eigenvalue weighted by atomic mass is 10.1. The minimum absolute atomic E-state index is 0.0478. The quantitative estimate of drug-likeness (QED) is 0.509. The maximum absolute atomic E-state index is 13.3. The molecule has 4 heterocycles. The number of benzene rings is 1. The van der Waals surface area contributed by atoms with Gasteiger partial charge in [-0.05, 0) is 36.2 Å². The second kappa shape index (κ2) is 5.89. The van der Waals surface area contributed by atoms with Crippen LogP contribution in [-0.4, -0.2) is 23.0 Å². The number of thiazole rings is 1. The Hall–Kier alpha value is -2.77. The third-order valence-electron chi connectivity index (χ3n) is 4.45. The SMILES string of the molecule is COc1ccnc2sc3c(c12)CC=CN(c1ccc2scnc2c1)C3=O. The fourth-order valence-electron chi connectivity index (χ4n) is 3.24. The molecule has 0 radical (unpaired) electrons. The molecule has 4 aromatic rings. The molecule has 1 amide bonds. The molecule has 3 aromatic heterocycles. The van der Waals surface area contributed by atoms with Crippen LogP contribution in [0.15, 0.2) is 48.2 Å². The Morgan fingerprint density at radius 2 is 2.15 bits per heavy atom. The van der Waals surface area contributed by atoms with Gasteiger partial charge in [0.25, 0.3) is 5.91 Å². The molecule has 1 aliphatic heterocycles. The monoisotopic (exact) mass is 379 g/mol. The van der Waals surface area contributed by atoms with E-state index in [1.54, 1.807) is 29.5 Å². The Balaban J connectivity index is 1.67. The zero-order chi connectivity index (χ0) is 17.7. The van der Waals surface area contributed by atoms with Crippen LogP contribution in [0.3, 0.4) is 0 Å². The molecule has 0 fully saturated rings. The Labute approximate surface area is 157 Å². The number of anilines is 1. The number of ether oxygens (including phenoxy) is 1. The molecule has 0 atom stereocenters. The van der Waals surface area contributed by atoms with E-state index in [4.69, 9.17) is 4.74 Å². The van der Waals surface area contributed by atoms with Crippen molar-refractivity contribution < 1.29 is 9.53 Å². The topological polar surface area (TPSA) is 55.3 Å². The van der Waals surface area contributed by atoms with Crippen LogP contribution in [-0.2, 0) is 6.42 Å². The predicted octanol–water partition coefficient (Wildman–Crippen LogP) is 4.63. The average Bonchev–Trinajstić information content (AvgIpc) is 3.24. The van der Waals surface area contributed by atoms with Gasteiger partial charge in [-0.3, -0.25) is 9.69 Å². The van der Waals surface area contributed by atoms with Crippen molar-refractivity contribution in [2.75, 3.05) is 12.0 Å². The fourth-order valence-corrected chi connectivity index (χ4v) is 5.03. The first-order valence-corrected chi connectivity index (χ1v) is 9.73. The van der Waals surface area contributed by atoms with Crippen molar-refractivity contribution in [2.24, 2.45) is 0 Å². The Bertz CT molecular complexity index is 1190. The highest BCUT2D eigenvalue weighted by Gasteiger charge is 2.27. The molecule has 5 nitrogen and oxygen atoms in total. The Morgan fingerprint density at radius 3 is 3.04 bits per heavy atom. The number of nitrogens with zero attached hydrogens (tertiary/aromatic N) is 3. The highest BCUT2D eigenvalue weighted by molar-refractivity contribution is 7.20. The number of rotatable bonds is 2. The van der Waals surface area contributed by atoms with Crippen molar-refractivity contribution in [1.29, 1.82) is 0 Å². The molecule has 0 spiro atoms. The van der Waals surface area contributed by atoms with Crippen molar-refractivity contribution in [1.82, 2.24) is 9.97 Å². The molecule has 0 aliphatic carbocycles. The first-order chi connectivity index (χ1) is 12.8. The number of thiophene rings is 1. The van der Waals surface area contributed by atoms with Crippen molar-refractivity contribution in [3.8, 4) is 5.75 Å². The Kier molecular flexibility index (Phi) is 3.51. The van der Waals surface area contributed by atoms with Gasteiger partial charge in [0.05, 0.1) is 38.8 Å². The number of allylic oxidation sites excluding steroid dienone is 1. The minimum atomic E-state index is -0.0478. The van der Waals surface area contributed by atoms with Crippen LogP contribution in [0.1, 0.15) is 15.2 Å². The highest BCUT2D eigenvalue weighted by atomic mass is 32.1. The van der Waals surface area contributed by atoms with Crippen molar-refractivity contribution in [3.05, 3.63) is 58.7 Å². The van der Waals surface area contributed by atoms with Crippen LogP contribution in [0.5, 0.6) is 5.75 Å². The zero-order valence-corrected chi connectivity index (χ0v) is 15.4. The summed E-state index contributed by atoms with van der Waals surface area (Å²) in [5.41, 5.74) is 4.51. The second-order valence-corrected chi connectivity index (χ2v) is 7.76. The molecule has 26 heavy (non-hydrogen) atoms. The molecular weight excluding hydrogens is 366 g/mol. The van der Waals surface area contributed by atoms with Gasteiger partial charge in [0, 0.05) is 12.4 Å². The first-order valence-electron chi connectivity index (χ1n) is 8.04. The number of hydrogen-bond donors (Lipinski definition) is 0. The summed E-state index contributed by atoms with van der Waals surface area (Å²) >= 11 is 3.01. The van der Waals surface area contributed by atoms with Gasteiger partial charge < -0.3 is 4.74 Å². The maximum Gasteiger partial charge on any atom is 0.272 e. The summed E-state index contributed by atoms with van der Waals surface area (Å²) in [4.78, 5) is 25.3. The van der Waals surface area contributed by atoms with Crippen molar-refractivity contribution in [2.45, 2.75) is 6.42 Å².